The Labute approximate surface area is 62.2 Å². The number of carboxylic acids is 1. The molecule has 0 aliphatic carbocycles. The summed E-state index contributed by atoms with van der Waals surface area (Å²) in [6.07, 6.45) is 0. The molecule has 0 aromatic rings. The smallest absolute Gasteiger partial charge is 0.550 e. The zero-order valence-corrected chi connectivity index (χ0v) is 7.44. The number of carboxylic acid groups (broad SMARTS) is 1. The molecule has 0 amide bonds. The Morgan fingerprint density at radius 3 is 1.67 bits per heavy atom. The standard InChI is InChI=1S/C2H4O2.Na.H3P/c1-2(3)4;;/h1H3,(H,3,4);;1H3/q;+1;/p-1. The van der Waals surface area contributed by atoms with Crippen molar-refractivity contribution >= 4 is 15.9 Å². The predicted molar refractivity (Wildman–Crippen MR) is 21.8 cm³/mol. The van der Waals surface area contributed by atoms with Crippen molar-refractivity contribution < 1.29 is 39.5 Å². The minimum atomic E-state index is -1.08. The van der Waals surface area contributed by atoms with E-state index in [-0.39, 0.29) is 39.5 Å². The molecule has 0 saturated heterocycles. The van der Waals surface area contributed by atoms with Gasteiger partial charge in [-0.05, 0) is 6.92 Å². The minimum absolute atomic E-state index is 0. The number of hydrogen-bond acceptors (Lipinski definition) is 2. The third-order valence-electron chi connectivity index (χ3n) is 0. The Morgan fingerprint density at radius 2 is 1.67 bits per heavy atom. The van der Waals surface area contributed by atoms with Crippen LogP contribution in [0.15, 0.2) is 0 Å². The zero-order valence-electron chi connectivity index (χ0n) is 4.02. The predicted octanol–water partition coefficient (Wildman–Crippen LogP) is -4.18. The monoisotopic (exact) mass is 116 g/mol. The van der Waals surface area contributed by atoms with Crippen LogP contribution >= 0.6 is 9.90 Å². The van der Waals surface area contributed by atoms with Crippen LogP contribution in [0.2, 0.25) is 0 Å². The molecule has 0 spiro atoms. The van der Waals surface area contributed by atoms with E-state index in [1.807, 2.05) is 0 Å². The molecule has 0 fully saturated rings. The first-order chi connectivity index (χ1) is 1.73. The van der Waals surface area contributed by atoms with Gasteiger partial charge in [-0.1, -0.05) is 0 Å². The fourth-order valence-corrected chi connectivity index (χ4v) is 0. The molecule has 1 atom stereocenters. The largest absolute Gasteiger partial charge is 1.00 e. The van der Waals surface area contributed by atoms with Gasteiger partial charge in [0.25, 0.3) is 0 Å². The van der Waals surface area contributed by atoms with E-state index in [1.165, 1.54) is 0 Å². The second-order valence-electron chi connectivity index (χ2n) is 0.492. The van der Waals surface area contributed by atoms with Crippen LogP contribution in [-0.4, -0.2) is 5.97 Å². The average molecular weight is 116 g/mol. The minimum Gasteiger partial charge on any atom is -0.550 e. The molecular formula is C2H6NaO2P. The van der Waals surface area contributed by atoms with Crippen LogP contribution in [0, 0.1) is 0 Å². The van der Waals surface area contributed by atoms with Gasteiger partial charge < -0.3 is 9.90 Å². The quantitative estimate of drug-likeness (QED) is 0.238. The molecule has 0 aliphatic heterocycles. The molecular weight excluding hydrogens is 110 g/mol. The Bertz CT molecular complexity index is 34.5. The molecule has 0 saturated carbocycles. The summed E-state index contributed by atoms with van der Waals surface area (Å²) >= 11 is 0. The van der Waals surface area contributed by atoms with Crippen LogP contribution in [0.4, 0.5) is 0 Å². The summed E-state index contributed by atoms with van der Waals surface area (Å²) in [6, 6.07) is 0. The van der Waals surface area contributed by atoms with Crippen LogP contribution < -0.4 is 34.7 Å². The topological polar surface area (TPSA) is 40.1 Å². The molecule has 0 bridgehead atoms. The van der Waals surface area contributed by atoms with E-state index in [9.17, 15) is 0 Å². The molecule has 0 heterocycles. The maximum absolute atomic E-state index is 8.89. The van der Waals surface area contributed by atoms with E-state index in [0.717, 1.165) is 6.92 Å². The molecule has 1 unspecified atom stereocenters. The summed E-state index contributed by atoms with van der Waals surface area (Å²) in [5, 5.41) is 8.89. The van der Waals surface area contributed by atoms with Crippen molar-refractivity contribution in [2.24, 2.45) is 0 Å². The maximum atomic E-state index is 8.89. The molecule has 0 radical (unpaired) electrons. The van der Waals surface area contributed by atoms with Crippen molar-refractivity contribution in [3.8, 4) is 0 Å². The summed E-state index contributed by atoms with van der Waals surface area (Å²) in [5.41, 5.74) is 0. The van der Waals surface area contributed by atoms with Gasteiger partial charge in [0.05, 0.1) is 0 Å². The fourth-order valence-electron chi connectivity index (χ4n) is 0. The summed E-state index contributed by atoms with van der Waals surface area (Å²) in [6.45, 7) is 0.972. The molecule has 0 N–H and O–H groups in total. The van der Waals surface area contributed by atoms with Crippen molar-refractivity contribution in [1.82, 2.24) is 0 Å². The summed E-state index contributed by atoms with van der Waals surface area (Å²) in [4.78, 5) is 8.89. The van der Waals surface area contributed by atoms with Gasteiger partial charge in [-0.25, -0.2) is 0 Å². The number of aliphatic carboxylic acids is 1. The van der Waals surface area contributed by atoms with Crippen molar-refractivity contribution in [3.63, 3.8) is 0 Å². The van der Waals surface area contributed by atoms with Gasteiger partial charge in [-0.3, -0.25) is 0 Å². The van der Waals surface area contributed by atoms with Crippen LogP contribution in [0.25, 0.3) is 0 Å². The van der Waals surface area contributed by atoms with E-state index in [0.29, 0.717) is 0 Å². The van der Waals surface area contributed by atoms with E-state index in [4.69, 9.17) is 9.90 Å². The second-order valence-corrected chi connectivity index (χ2v) is 0.492. The zero-order chi connectivity index (χ0) is 3.58. The van der Waals surface area contributed by atoms with Gasteiger partial charge in [0, 0.05) is 5.97 Å². The van der Waals surface area contributed by atoms with E-state index < -0.39 is 5.97 Å². The third kappa shape index (κ3) is 92.0. The first kappa shape index (κ1) is 15.8. The van der Waals surface area contributed by atoms with Gasteiger partial charge in [0.15, 0.2) is 0 Å². The molecule has 2 nitrogen and oxygen atoms in total. The molecule has 32 valence electrons. The van der Waals surface area contributed by atoms with E-state index in [2.05, 4.69) is 0 Å². The van der Waals surface area contributed by atoms with E-state index >= 15 is 0 Å². The maximum Gasteiger partial charge on any atom is 1.00 e. The van der Waals surface area contributed by atoms with Crippen molar-refractivity contribution in [2.45, 2.75) is 6.92 Å². The Kier molecular flexibility index (Phi) is 24.5. The average Bonchev–Trinajstić information content (AvgIpc) is 0.811. The first-order valence-electron chi connectivity index (χ1n) is 0.908. The molecule has 0 aliphatic rings. The van der Waals surface area contributed by atoms with Crippen LogP contribution in [0.5, 0.6) is 0 Å². The number of carbonyl (C=O) groups is 1. The van der Waals surface area contributed by atoms with Crippen molar-refractivity contribution in [2.75, 3.05) is 0 Å². The third-order valence-corrected chi connectivity index (χ3v) is 0. The van der Waals surface area contributed by atoms with Gasteiger partial charge in [0.2, 0.25) is 0 Å². The number of hydrogen-bond donors (Lipinski definition) is 0. The van der Waals surface area contributed by atoms with Gasteiger partial charge in [-0.15, -0.1) is 0 Å². The number of rotatable bonds is 0. The molecule has 0 aromatic heterocycles. The Balaban J connectivity index is -0.0000000450. The summed E-state index contributed by atoms with van der Waals surface area (Å²) in [5.74, 6) is -1.08. The van der Waals surface area contributed by atoms with Crippen LogP contribution in [-0.2, 0) is 4.79 Å². The summed E-state index contributed by atoms with van der Waals surface area (Å²) in [7, 11) is 0. The Morgan fingerprint density at radius 1 is 1.67 bits per heavy atom. The molecule has 4 heteroatoms. The van der Waals surface area contributed by atoms with E-state index in [1.54, 1.807) is 0 Å². The van der Waals surface area contributed by atoms with Gasteiger partial charge >= 0.3 is 29.6 Å². The second kappa shape index (κ2) is 9.31. The van der Waals surface area contributed by atoms with Crippen LogP contribution in [0.1, 0.15) is 6.92 Å². The fraction of sp³-hybridized carbons (Fsp3) is 0.500. The van der Waals surface area contributed by atoms with Gasteiger partial charge in [-0.2, -0.15) is 9.90 Å². The van der Waals surface area contributed by atoms with Crippen molar-refractivity contribution in [3.05, 3.63) is 0 Å². The number of carbonyl (C=O) groups excluding carboxylic acids is 1. The molecule has 0 rings (SSSR count). The van der Waals surface area contributed by atoms with Crippen LogP contribution in [0.3, 0.4) is 0 Å². The normalized spacial score (nSPS) is 4.17. The van der Waals surface area contributed by atoms with Gasteiger partial charge in [0.1, 0.15) is 0 Å². The molecule has 0 aromatic carbocycles. The SMILES string of the molecule is CC(=O)[O-].P.[Na+]. The Hall–Kier alpha value is 0.900. The van der Waals surface area contributed by atoms with Crippen molar-refractivity contribution in [1.29, 1.82) is 0 Å². The summed E-state index contributed by atoms with van der Waals surface area (Å²) < 4.78 is 0. The first-order valence-corrected chi connectivity index (χ1v) is 0.908. The molecule has 6 heavy (non-hydrogen) atoms.